The Morgan fingerprint density at radius 2 is 2.00 bits per heavy atom. The summed E-state index contributed by atoms with van der Waals surface area (Å²) in [7, 11) is 0. The number of hydrogen-bond acceptors (Lipinski definition) is 2. The molecule has 0 aromatic heterocycles. The van der Waals surface area contributed by atoms with Crippen LogP contribution < -0.4 is 0 Å². The van der Waals surface area contributed by atoms with Crippen molar-refractivity contribution in [3.05, 3.63) is 59.7 Å². The zero-order chi connectivity index (χ0) is 17.7. The van der Waals surface area contributed by atoms with Crippen LogP contribution in [0, 0.1) is 29.6 Å². The lowest BCUT2D eigenvalue weighted by Gasteiger charge is -2.09. The van der Waals surface area contributed by atoms with Crippen molar-refractivity contribution in [2.24, 2.45) is 17.3 Å². The van der Waals surface area contributed by atoms with E-state index in [9.17, 15) is 4.79 Å². The van der Waals surface area contributed by atoms with Crippen molar-refractivity contribution >= 4 is 5.97 Å². The fourth-order valence-corrected chi connectivity index (χ4v) is 3.07. The fourth-order valence-electron chi connectivity index (χ4n) is 3.07. The summed E-state index contributed by atoms with van der Waals surface area (Å²) >= 11 is 0. The maximum atomic E-state index is 12.4. The van der Waals surface area contributed by atoms with Gasteiger partial charge >= 0.3 is 5.97 Å². The molecule has 0 spiro atoms. The standard InChI is InChI=1S/C22H26O2/c1-6-18(14-10-13-17-11-8-7-9-12-17)24-21(23)20-19(15-16(2)3)22(20,4)5/h1,7-12,14-15,18-20H,13H2,2-5H3. The highest BCUT2D eigenvalue weighted by Crippen LogP contribution is 2.59. The van der Waals surface area contributed by atoms with Gasteiger partial charge in [-0.1, -0.05) is 67.8 Å². The SMILES string of the molecule is C#CC(C=CCc1ccccc1)OC(=O)C1C(C=C(C)C)C1(C)C. The van der Waals surface area contributed by atoms with Crippen molar-refractivity contribution in [3.63, 3.8) is 0 Å². The molecule has 2 nitrogen and oxygen atoms in total. The first kappa shape index (κ1) is 18.1. The summed E-state index contributed by atoms with van der Waals surface area (Å²) in [5.41, 5.74) is 2.36. The van der Waals surface area contributed by atoms with Gasteiger partial charge in [0.25, 0.3) is 0 Å². The van der Waals surface area contributed by atoms with E-state index in [0.29, 0.717) is 0 Å². The maximum Gasteiger partial charge on any atom is 0.311 e. The molecule has 0 heterocycles. The fraction of sp³-hybridized carbons (Fsp3) is 0.409. The van der Waals surface area contributed by atoms with Crippen LogP contribution in [-0.4, -0.2) is 12.1 Å². The third kappa shape index (κ3) is 4.38. The molecule has 0 bridgehead atoms. The highest BCUT2D eigenvalue weighted by Gasteiger charge is 2.61. The lowest BCUT2D eigenvalue weighted by molar-refractivity contribution is -0.147. The number of terminal acetylenes is 1. The molecule has 3 unspecified atom stereocenters. The normalized spacial score (nSPS) is 22.5. The molecule has 1 fully saturated rings. The van der Waals surface area contributed by atoms with E-state index >= 15 is 0 Å². The predicted octanol–water partition coefficient (Wildman–Crippen LogP) is 4.57. The van der Waals surface area contributed by atoms with Crippen molar-refractivity contribution in [2.45, 2.75) is 40.2 Å². The van der Waals surface area contributed by atoms with Gasteiger partial charge in [0.05, 0.1) is 5.92 Å². The summed E-state index contributed by atoms with van der Waals surface area (Å²) in [6, 6.07) is 10.1. The second-order valence-corrected chi connectivity index (χ2v) is 7.21. The average molecular weight is 322 g/mol. The third-order valence-corrected chi connectivity index (χ3v) is 4.59. The zero-order valence-corrected chi connectivity index (χ0v) is 15.0. The van der Waals surface area contributed by atoms with Gasteiger partial charge in [-0.25, -0.2) is 0 Å². The molecular formula is C22H26O2. The highest BCUT2D eigenvalue weighted by atomic mass is 16.5. The third-order valence-electron chi connectivity index (χ3n) is 4.59. The molecule has 0 amide bonds. The minimum Gasteiger partial charge on any atom is -0.445 e. The van der Waals surface area contributed by atoms with Crippen molar-refractivity contribution in [1.29, 1.82) is 0 Å². The van der Waals surface area contributed by atoms with Gasteiger partial charge in [-0.3, -0.25) is 4.79 Å². The zero-order valence-electron chi connectivity index (χ0n) is 15.0. The Kier molecular flexibility index (Phi) is 5.67. The Bertz CT molecular complexity index is 670. The molecule has 0 radical (unpaired) electrons. The quantitative estimate of drug-likeness (QED) is 0.436. The number of ether oxygens (including phenoxy) is 1. The Labute approximate surface area is 145 Å². The van der Waals surface area contributed by atoms with E-state index in [2.05, 4.69) is 38.0 Å². The van der Waals surface area contributed by atoms with Gasteiger partial charge in [-0.2, -0.15) is 0 Å². The van der Waals surface area contributed by atoms with E-state index in [0.717, 1.165) is 6.42 Å². The van der Waals surface area contributed by atoms with Gasteiger partial charge in [0.2, 0.25) is 0 Å². The molecular weight excluding hydrogens is 296 g/mol. The lowest BCUT2D eigenvalue weighted by Crippen LogP contribution is -2.18. The largest absolute Gasteiger partial charge is 0.445 e. The predicted molar refractivity (Wildman–Crippen MR) is 98.2 cm³/mol. The molecule has 1 aliphatic rings. The summed E-state index contributed by atoms with van der Waals surface area (Å²) < 4.78 is 5.52. The van der Waals surface area contributed by atoms with Gasteiger partial charge in [0.15, 0.2) is 6.10 Å². The Morgan fingerprint density at radius 3 is 2.58 bits per heavy atom. The smallest absolute Gasteiger partial charge is 0.311 e. The van der Waals surface area contributed by atoms with Gasteiger partial charge in [-0.15, -0.1) is 6.42 Å². The van der Waals surface area contributed by atoms with Crippen molar-refractivity contribution < 1.29 is 9.53 Å². The Balaban J connectivity index is 1.92. The second kappa shape index (κ2) is 7.53. The molecule has 1 aromatic carbocycles. The number of carbonyl (C=O) groups excluding carboxylic acids is 1. The molecule has 1 aliphatic carbocycles. The van der Waals surface area contributed by atoms with E-state index < -0.39 is 6.10 Å². The van der Waals surface area contributed by atoms with Crippen LogP contribution in [0.15, 0.2) is 54.1 Å². The first-order chi connectivity index (χ1) is 11.4. The molecule has 126 valence electrons. The lowest BCUT2D eigenvalue weighted by atomic mass is 10.1. The van der Waals surface area contributed by atoms with Crippen LogP contribution in [0.1, 0.15) is 33.3 Å². The second-order valence-electron chi connectivity index (χ2n) is 7.21. The minimum absolute atomic E-state index is 0.0543. The van der Waals surface area contributed by atoms with Gasteiger partial charge in [-0.05, 0) is 43.2 Å². The van der Waals surface area contributed by atoms with E-state index in [1.54, 1.807) is 6.08 Å². The molecule has 0 N–H and O–H groups in total. The molecule has 24 heavy (non-hydrogen) atoms. The topological polar surface area (TPSA) is 26.3 Å². The van der Waals surface area contributed by atoms with Crippen LogP contribution in [-0.2, 0) is 16.0 Å². The Hall–Kier alpha value is -2.27. The van der Waals surface area contributed by atoms with E-state index in [1.165, 1.54) is 11.1 Å². The number of carbonyl (C=O) groups is 1. The monoisotopic (exact) mass is 322 g/mol. The van der Waals surface area contributed by atoms with Gasteiger partial charge < -0.3 is 4.74 Å². The van der Waals surface area contributed by atoms with E-state index in [-0.39, 0.29) is 23.2 Å². The molecule has 1 aromatic rings. The van der Waals surface area contributed by atoms with E-state index in [4.69, 9.17) is 11.2 Å². The molecule has 1 saturated carbocycles. The minimum atomic E-state index is -0.607. The summed E-state index contributed by atoms with van der Waals surface area (Å²) in [5, 5.41) is 0. The number of esters is 1. The molecule has 0 aliphatic heterocycles. The highest BCUT2D eigenvalue weighted by molar-refractivity contribution is 5.78. The maximum absolute atomic E-state index is 12.4. The Morgan fingerprint density at radius 1 is 1.33 bits per heavy atom. The van der Waals surface area contributed by atoms with Gasteiger partial charge in [0, 0.05) is 0 Å². The summed E-state index contributed by atoms with van der Waals surface area (Å²) in [6.45, 7) is 8.29. The van der Waals surface area contributed by atoms with Crippen molar-refractivity contribution in [3.8, 4) is 12.3 Å². The van der Waals surface area contributed by atoms with Crippen LogP contribution in [0.5, 0.6) is 0 Å². The summed E-state index contributed by atoms with van der Waals surface area (Å²) in [6.07, 6.45) is 11.6. The van der Waals surface area contributed by atoms with Crippen LogP contribution in [0.4, 0.5) is 0 Å². The summed E-state index contributed by atoms with van der Waals surface area (Å²) in [5.74, 6) is 2.47. The van der Waals surface area contributed by atoms with Gasteiger partial charge in [0.1, 0.15) is 0 Å². The number of allylic oxidation sites excluding steroid dienone is 3. The molecule has 2 rings (SSSR count). The van der Waals surface area contributed by atoms with Crippen LogP contribution in [0.25, 0.3) is 0 Å². The molecule has 2 heteroatoms. The van der Waals surface area contributed by atoms with Crippen LogP contribution in [0.3, 0.4) is 0 Å². The van der Waals surface area contributed by atoms with Crippen molar-refractivity contribution in [2.75, 3.05) is 0 Å². The number of rotatable bonds is 6. The number of hydrogen-bond donors (Lipinski definition) is 0. The average Bonchev–Trinajstić information content (AvgIpc) is 3.07. The molecule has 0 saturated heterocycles. The van der Waals surface area contributed by atoms with Crippen LogP contribution in [0.2, 0.25) is 0 Å². The molecule has 3 atom stereocenters. The first-order valence-corrected chi connectivity index (χ1v) is 8.38. The van der Waals surface area contributed by atoms with Crippen molar-refractivity contribution in [1.82, 2.24) is 0 Å². The number of benzene rings is 1. The van der Waals surface area contributed by atoms with Crippen LogP contribution >= 0.6 is 0 Å². The van der Waals surface area contributed by atoms with E-state index in [1.807, 2.05) is 38.1 Å². The first-order valence-electron chi connectivity index (χ1n) is 8.38. The summed E-state index contributed by atoms with van der Waals surface area (Å²) in [4.78, 5) is 12.4.